The van der Waals surface area contributed by atoms with Crippen molar-refractivity contribution in [2.45, 2.75) is 43.1 Å². The molecule has 1 aliphatic rings. The number of hydrogen-bond donors (Lipinski definition) is 1. The van der Waals surface area contributed by atoms with Gasteiger partial charge < -0.3 is 5.32 Å². The molecule has 1 saturated carbocycles. The van der Waals surface area contributed by atoms with E-state index in [0.717, 1.165) is 18.0 Å². The first kappa shape index (κ1) is 11.4. The zero-order valence-corrected chi connectivity index (χ0v) is 10.2. The van der Waals surface area contributed by atoms with Crippen LogP contribution in [-0.4, -0.2) is 37.9 Å². The molecule has 1 fully saturated rings. The van der Waals surface area contributed by atoms with Gasteiger partial charge in [0.05, 0.1) is 11.3 Å². The molecule has 2 rings (SSSR count). The van der Waals surface area contributed by atoms with Crippen LogP contribution in [0, 0.1) is 0 Å². The first-order chi connectivity index (χ1) is 7.72. The third kappa shape index (κ3) is 2.52. The third-order valence-electron chi connectivity index (χ3n) is 2.36. The van der Waals surface area contributed by atoms with Crippen LogP contribution in [0.3, 0.4) is 0 Å². The summed E-state index contributed by atoms with van der Waals surface area (Å²) in [7, 11) is 0. The molecule has 0 aliphatic heterocycles. The fourth-order valence-corrected chi connectivity index (χ4v) is 2.22. The number of hydrogen-bond acceptors (Lipinski definition) is 5. The lowest BCUT2D eigenvalue weighted by atomic mass is 10.4. The predicted octanol–water partition coefficient (Wildman–Crippen LogP) is 0.625. The van der Waals surface area contributed by atoms with Gasteiger partial charge in [-0.05, 0) is 37.1 Å². The van der Waals surface area contributed by atoms with Crippen LogP contribution in [0.15, 0.2) is 5.16 Å². The van der Waals surface area contributed by atoms with E-state index in [2.05, 4.69) is 20.8 Å². The van der Waals surface area contributed by atoms with Crippen molar-refractivity contribution in [3.8, 4) is 0 Å². The average Bonchev–Trinajstić information content (AvgIpc) is 3.00. The van der Waals surface area contributed by atoms with Gasteiger partial charge in [0.1, 0.15) is 0 Å². The van der Waals surface area contributed by atoms with Gasteiger partial charge in [-0.15, -0.1) is 5.10 Å². The zero-order chi connectivity index (χ0) is 11.5. The highest BCUT2D eigenvalue weighted by Gasteiger charge is 2.29. The van der Waals surface area contributed by atoms with E-state index in [0.29, 0.717) is 12.6 Å². The lowest BCUT2D eigenvalue weighted by Gasteiger charge is -2.09. The number of tetrazole rings is 1. The summed E-state index contributed by atoms with van der Waals surface area (Å²) in [4.78, 5) is 11.6. The van der Waals surface area contributed by atoms with Gasteiger partial charge in [-0.1, -0.05) is 11.8 Å². The number of amides is 1. The van der Waals surface area contributed by atoms with Crippen molar-refractivity contribution < 1.29 is 4.79 Å². The molecule has 0 saturated heterocycles. The number of rotatable bonds is 5. The molecule has 0 radical (unpaired) electrons. The average molecular weight is 241 g/mol. The van der Waals surface area contributed by atoms with Crippen molar-refractivity contribution in [3.05, 3.63) is 0 Å². The van der Waals surface area contributed by atoms with E-state index >= 15 is 0 Å². The highest BCUT2D eigenvalue weighted by Crippen LogP contribution is 2.37. The molecule has 88 valence electrons. The van der Waals surface area contributed by atoms with E-state index in [1.54, 1.807) is 0 Å². The highest BCUT2D eigenvalue weighted by molar-refractivity contribution is 8.00. The molecule has 1 aromatic rings. The largest absolute Gasteiger partial charge is 0.355 e. The summed E-state index contributed by atoms with van der Waals surface area (Å²) in [6.45, 7) is 4.42. The van der Waals surface area contributed by atoms with Crippen LogP contribution < -0.4 is 5.32 Å². The molecule has 0 bridgehead atoms. The zero-order valence-electron chi connectivity index (χ0n) is 9.38. The molecule has 1 aromatic heterocycles. The van der Waals surface area contributed by atoms with Crippen LogP contribution in [0.1, 0.15) is 32.7 Å². The molecule has 1 atom stereocenters. The van der Waals surface area contributed by atoms with Gasteiger partial charge in [-0.25, -0.2) is 4.68 Å². The maximum absolute atomic E-state index is 11.6. The van der Waals surface area contributed by atoms with E-state index in [1.165, 1.54) is 11.8 Å². The van der Waals surface area contributed by atoms with E-state index in [9.17, 15) is 4.79 Å². The Morgan fingerprint density at radius 1 is 1.69 bits per heavy atom. The Morgan fingerprint density at radius 2 is 2.44 bits per heavy atom. The second-order valence-corrected chi connectivity index (χ2v) is 5.10. The van der Waals surface area contributed by atoms with Crippen molar-refractivity contribution in [3.63, 3.8) is 0 Å². The van der Waals surface area contributed by atoms with Crippen molar-refractivity contribution in [1.29, 1.82) is 0 Å². The molecule has 1 amide bonds. The molecular weight excluding hydrogens is 226 g/mol. The van der Waals surface area contributed by atoms with Crippen LogP contribution in [0.2, 0.25) is 0 Å². The molecule has 0 spiro atoms. The first-order valence-corrected chi connectivity index (χ1v) is 6.32. The summed E-state index contributed by atoms with van der Waals surface area (Å²) in [6.07, 6.45) is 2.27. The Labute approximate surface area is 98.2 Å². The van der Waals surface area contributed by atoms with E-state index in [4.69, 9.17) is 0 Å². The summed E-state index contributed by atoms with van der Waals surface area (Å²) in [5.74, 6) is 0.0258. The van der Waals surface area contributed by atoms with E-state index in [-0.39, 0.29) is 11.2 Å². The quantitative estimate of drug-likeness (QED) is 0.765. The molecule has 6 nitrogen and oxygen atoms in total. The Kier molecular flexibility index (Phi) is 3.42. The Bertz CT molecular complexity index is 376. The smallest absolute Gasteiger partial charge is 0.233 e. The second-order valence-electron chi connectivity index (χ2n) is 3.79. The van der Waals surface area contributed by atoms with E-state index < -0.39 is 0 Å². The summed E-state index contributed by atoms with van der Waals surface area (Å²) in [5.41, 5.74) is 0. The predicted molar refractivity (Wildman–Crippen MR) is 60.1 cm³/mol. The molecule has 0 aromatic carbocycles. The Balaban J connectivity index is 1.97. The van der Waals surface area contributed by atoms with Gasteiger partial charge in [-0.2, -0.15) is 0 Å². The SMILES string of the molecule is CCNC(=O)C(C)Sc1nnnn1C1CC1. The topological polar surface area (TPSA) is 72.7 Å². The minimum atomic E-state index is -0.163. The first-order valence-electron chi connectivity index (χ1n) is 5.44. The summed E-state index contributed by atoms with van der Waals surface area (Å²) in [5, 5.41) is 14.9. The molecule has 1 heterocycles. The maximum atomic E-state index is 11.6. The van der Waals surface area contributed by atoms with Crippen molar-refractivity contribution >= 4 is 17.7 Å². The summed E-state index contributed by atoms with van der Waals surface area (Å²) in [6, 6.07) is 0.443. The normalized spacial score (nSPS) is 17.1. The number of aromatic nitrogens is 4. The van der Waals surface area contributed by atoms with Gasteiger partial charge in [0.15, 0.2) is 0 Å². The number of carbonyl (C=O) groups is 1. The van der Waals surface area contributed by atoms with E-state index in [1.807, 2.05) is 18.5 Å². The van der Waals surface area contributed by atoms with Crippen molar-refractivity contribution in [2.24, 2.45) is 0 Å². The minimum absolute atomic E-state index is 0.0258. The monoisotopic (exact) mass is 241 g/mol. The van der Waals surface area contributed by atoms with Gasteiger partial charge in [0.2, 0.25) is 11.1 Å². The molecular formula is C9H15N5OS. The van der Waals surface area contributed by atoms with Crippen LogP contribution in [-0.2, 0) is 4.79 Å². The maximum Gasteiger partial charge on any atom is 0.233 e. The van der Waals surface area contributed by atoms with Gasteiger partial charge >= 0.3 is 0 Å². The lowest BCUT2D eigenvalue weighted by molar-refractivity contribution is -0.120. The molecule has 1 aliphatic carbocycles. The van der Waals surface area contributed by atoms with Crippen LogP contribution in [0.25, 0.3) is 0 Å². The molecule has 7 heteroatoms. The van der Waals surface area contributed by atoms with Crippen molar-refractivity contribution in [1.82, 2.24) is 25.5 Å². The number of nitrogens with one attached hydrogen (secondary N) is 1. The number of nitrogens with zero attached hydrogens (tertiary/aromatic N) is 4. The standard InChI is InChI=1S/C9H15N5OS/c1-3-10-8(15)6(2)16-9-11-12-13-14(9)7-4-5-7/h6-7H,3-5H2,1-2H3,(H,10,15). The molecule has 1 N–H and O–H groups in total. The van der Waals surface area contributed by atoms with Crippen LogP contribution >= 0.6 is 11.8 Å². The Morgan fingerprint density at radius 3 is 3.06 bits per heavy atom. The van der Waals surface area contributed by atoms with Crippen LogP contribution in [0.4, 0.5) is 0 Å². The Hall–Kier alpha value is -1.11. The third-order valence-corrected chi connectivity index (χ3v) is 3.40. The number of thioether (sulfide) groups is 1. The fourth-order valence-electron chi connectivity index (χ4n) is 1.34. The van der Waals surface area contributed by atoms with Gasteiger partial charge in [0, 0.05) is 6.54 Å². The fraction of sp³-hybridized carbons (Fsp3) is 0.778. The molecule has 1 unspecified atom stereocenters. The van der Waals surface area contributed by atoms with Crippen molar-refractivity contribution in [2.75, 3.05) is 6.54 Å². The number of carbonyl (C=O) groups excluding carboxylic acids is 1. The highest BCUT2D eigenvalue weighted by atomic mass is 32.2. The summed E-state index contributed by atoms with van der Waals surface area (Å²) < 4.78 is 1.82. The summed E-state index contributed by atoms with van der Waals surface area (Å²) >= 11 is 1.41. The van der Waals surface area contributed by atoms with Gasteiger partial charge in [-0.3, -0.25) is 4.79 Å². The van der Waals surface area contributed by atoms with Crippen LogP contribution in [0.5, 0.6) is 0 Å². The van der Waals surface area contributed by atoms with Gasteiger partial charge in [0.25, 0.3) is 0 Å². The lowest BCUT2D eigenvalue weighted by Crippen LogP contribution is -2.30. The molecule has 16 heavy (non-hydrogen) atoms. The second kappa shape index (κ2) is 4.82. The minimum Gasteiger partial charge on any atom is -0.355 e.